The number of carbonyl (C=O) groups excluding carboxylic acids is 2. The van der Waals surface area contributed by atoms with Crippen molar-refractivity contribution in [2.24, 2.45) is 11.8 Å². The molecule has 336 valence electrons. The van der Waals surface area contributed by atoms with Crippen LogP contribution in [0.5, 0.6) is 0 Å². The minimum Gasteiger partial charge on any atom is -0.465 e. The van der Waals surface area contributed by atoms with Gasteiger partial charge in [-0.1, -0.05) is 230 Å². The molecular weight excluding hydrogens is 760 g/mol. The predicted molar refractivity (Wildman–Crippen MR) is 248 cm³/mol. The average Bonchev–Trinajstić information content (AvgIpc) is 3.19. The summed E-state index contributed by atoms with van der Waals surface area (Å²) in [4.78, 5) is 23.5. The zero-order valence-corrected chi connectivity index (χ0v) is 40.1. The van der Waals surface area contributed by atoms with Crippen LogP contribution in [0.15, 0.2) is 0 Å². The fourth-order valence-electron chi connectivity index (χ4n) is 7.39. The number of alkyl halides is 1. The molecule has 0 aliphatic carbocycles. The fraction of sp³-hybridized carbons (Fsp3) is 0.960. The van der Waals surface area contributed by atoms with Crippen LogP contribution >= 0.6 is 15.9 Å². The van der Waals surface area contributed by atoms with Crippen molar-refractivity contribution in [3.8, 4) is 0 Å². The lowest BCUT2D eigenvalue weighted by atomic mass is 10.0. The third-order valence-electron chi connectivity index (χ3n) is 11.4. The summed E-state index contributed by atoms with van der Waals surface area (Å²) in [5.41, 5.74) is 0. The Morgan fingerprint density at radius 2 is 0.821 bits per heavy atom. The van der Waals surface area contributed by atoms with E-state index in [9.17, 15) is 14.7 Å². The van der Waals surface area contributed by atoms with Crippen LogP contribution < -0.4 is 0 Å². The number of rotatable bonds is 43. The quantitative estimate of drug-likeness (QED) is 0.0376. The van der Waals surface area contributed by atoms with Gasteiger partial charge in [0.25, 0.3) is 0 Å². The van der Waals surface area contributed by atoms with Gasteiger partial charge in [-0.3, -0.25) is 9.59 Å². The highest BCUT2D eigenvalue weighted by atomic mass is 79.9. The lowest BCUT2D eigenvalue weighted by Crippen LogP contribution is -2.13. The number of hydrogen-bond acceptors (Lipinski definition) is 5. The van der Waals surface area contributed by atoms with Gasteiger partial charge in [-0.05, 0) is 56.8 Å². The molecule has 0 saturated heterocycles. The molecule has 0 radical (unpaired) electrons. The van der Waals surface area contributed by atoms with E-state index in [1.54, 1.807) is 0 Å². The molecule has 0 heterocycles. The van der Waals surface area contributed by atoms with Crippen molar-refractivity contribution in [2.45, 2.75) is 278 Å². The van der Waals surface area contributed by atoms with E-state index in [-0.39, 0.29) is 18.0 Å². The Morgan fingerprint density at radius 1 is 0.446 bits per heavy atom. The number of esters is 2. The standard InChI is InChI=1S/C26H51BrO2.C24H48O3/c1-3-5-21-25(4-2)24-29-26(28)22-19-17-15-13-11-9-7-6-8-10-12-14-16-18-20-23-27;1-4-6-7-14-18-23(25)19-15-12-10-8-9-11-13-16-20-24(26)27-21-22(3)17-5-2/h25H,3-24H2,1-2H3;22-23,25H,4-21H2,1-3H3. The minimum atomic E-state index is -0.0772. The molecule has 1 N–H and O–H groups in total. The molecule has 0 aliphatic rings. The van der Waals surface area contributed by atoms with Crippen LogP contribution in [0.2, 0.25) is 0 Å². The monoisotopic (exact) mass is 859 g/mol. The van der Waals surface area contributed by atoms with Gasteiger partial charge in [0.15, 0.2) is 0 Å². The van der Waals surface area contributed by atoms with E-state index in [1.807, 2.05) is 0 Å². The van der Waals surface area contributed by atoms with Crippen molar-refractivity contribution in [1.82, 2.24) is 0 Å². The fourth-order valence-corrected chi connectivity index (χ4v) is 7.78. The van der Waals surface area contributed by atoms with Crippen LogP contribution in [0.3, 0.4) is 0 Å². The highest BCUT2D eigenvalue weighted by molar-refractivity contribution is 9.09. The second-order valence-electron chi connectivity index (χ2n) is 17.3. The molecule has 6 heteroatoms. The van der Waals surface area contributed by atoms with Gasteiger partial charge >= 0.3 is 11.9 Å². The van der Waals surface area contributed by atoms with Gasteiger partial charge in [0, 0.05) is 18.2 Å². The van der Waals surface area contributed by atoms with Crippen LogP contribution in [-0.4, -0.2) is 41.7 Å². The maximum atomic E-state index is 11.9. The summed E-state index contributed by atoms with van der Waals surface area (Å²) in [6, 6.07) is 0. The summed E-state index contributed by atoms with van der Waals surface area (Å²) in [7, 11) is 0. The summed E-state index contributed by atoms with van der Waals surface area (Å²) in [5.74, 6) is 1.04. The Labute approximate surface area is 359 Å². The summed E-state index contributed by atoms with van der Waals surface area (Å²) in [6.45, 7) is 12.2. The van der Waals surface area contributed by atoms with Gasteiger partial charge in [0.2, 0.25) is 0 Å². The lowest BCUT2D eigenvalue weighted by molar-refractivity contribution is -0.146. The molecule has 0 amide bonds. The van der Waals surface area contributed by atoms with Gasteiger partial charge in [0.05, 0.1) is 19.3 Å². The third-order valence-corrected chi connectivity index (χ3v) is 12.0. The van der Waals surface area contributed by atoms with Crippen LogP contribution in [0.4, 0.5) is 0 Å². The number of hydrogen-bond donors (Lipinski definition) is 1. The second-order valence-corrected chi connectivity index (χ2v) is 18.1. The molecule has 0 fully saturated rings. The molecule has 0 bridgehead atoms. The van der Waals surface area contributed by atoms with E-state index in [1.165, 1.54) is 167 Å². The highest BCUT2D eigenvalue weighted by Gasteiger charge is 2.10. The largest absolute Gasteiger partial charge is 0.465 e. The molecule has 3 unspecified atom stereocenters. The smallest absolute Gasteiger partial charge is 0.305 e. The van der Waals surface area contributed by atoms with E-state index >= 15 is 0 Å². The highest BCUT2D eigenvalue weighted by Crippen LogP contribution is 2.17. The summed E-state index contributed by atoms with van der Waals surface area (Å²) in [5, 5.41) is 11.1. The summed E-state index contributed by atoms with van der Waals surface area (Å²) in [6.07, 6.45) is 44.9. The molecule has 0 spiro atoms. The van der Waals surface area contributed by atoms with Gasteiger partial charge in [-0.2, -0.15) is 0 Å². The molecule has 0 aromatic rings. The van der Waals surface area contributed by atoms with Crippen molar-refractivity contribution in [2.75, 3.05) is 18.5 Å². The Bertz CT molecular complexity index is 777. The van der Waals surface area contributed by atoms with Crippen LogP contribution in [-0.2, 0) is 19.1 Å². The maximum absolute atomic E-state index is 11.9. The van der Waals surface area contributed by atoms with Crippen molar-refractivity contribution in [3.05, 3.63) is 0 Å². The van der Waals surface area contributed by atoms with Crippen molar-refractivity contribution in [3.63, 3.8) is 0 Å². The summed E-state index contributed by atoms with van der Waals surface area (Å²) < 4.78 is 10.8. The average molecular weight is 860 g/mol. The minimum absolute atomic E-state index is 0.0167. The van der Waals surface area contributed by atoms with Gasteiger partial charge in [-0.15, -0.1) is 0 Å². The van der Waals surface area contributed by atoms with E-state index in [0.29, 0.717) is 37.9 Å². The first-order valence-electron chi connectivity index (χ1n) is 24.9. The molecule has 0 aromatic carbocycles. The molecule has 0 aliphatic heterocycles. The number of aliphatic hydroxyl groups excluding tert-OH is 1. The Hall–Kier alpha value is -0.620. The maximum Gasteiger partial charge on any atom is 0.305 e. The van der Waals surface area contributed by atoms with E-state index < -0.39 is 0 Å². The normalized spacial score (nSPS) is 12.8. The second kappa shape index (κ2) is 48.7. The Balaban J connectivity index is 0. The number of halogens is 1. The van der Waals surface area contributed by atoms with Gasteiger partial charge in [-0.25, -0.2) is 0 Å². The van der Waals surface area contributed by atoms with E-state index in [0.717, 1.165) is 63.1 Å². The Kier molecular flexibility index (Phi) is 50.0. The molecule has 3 atom stereocenters. The summed E-state index contributed by atoms with van der Waals surface area (Å²) >= 11 is 3.50. The van der Waals surface area contributed by atoms with Crippen molar-refractivity contribution in [1.29, 1.82) is 0 Å². The zero-order chi connectivity index (χ0) is 41.6. The first kappa shape index (κ1) is 57.5. The number of ether oxygens (including phenoxy) is 2. The van der Waals surface area contributed by atoms with E-state index in [2.05, 4.69) is 50.5 Å². The number of unbranched alkanes of at least 4 members (excludes halogenated alkanes) is 25. The molecule has 0 rings (SSSR count). The first-order chi connectivity index (χ1) is 27.3. The SMILES string of the molecule is CCCCC(CC)COC(=O)CCCCCCCCCCCCCCCCCBr.CCCCCCC(O)CCCCCCCCCCC(=O)OCC(C)CCC. The van der Waals surface area contributed by atoms with Crippen LogP contribution in [0.25, 0.3) is 0 Å². The molecule has 0 aromatic heterocycles. The lowest BCUT2D eigenvalue weighted by Gasteiger charge is -2.14. The van der Waals surface area contributed by atoms with Crippen molar-refractivity contribution < 1.29 is 24.2 Å². The molecule has 56 heavy (non-hydrogen) atoms. The molecular formula is C50H99BrO5. The predicted octanol–water partition coefficient (Wildman–Crippen LogP) is 16.6. The third kappa shape index (κ3) is 47.8. The Morgan fingerprint density at radius 3 is 1.21 bits per heavy atom. The van der Waals surface area contributed by atoms with Gasteiger partial charge in [0.1, 0.15) is 0 Å². The topological polar surface area (TPSA) is 72.8 Å². The first-order valence-corrected chi connectivity index (χ1v) is 26.0. The number of aliphatic hydroxyl groups is 1. The molecule has 0 saturated carbocycles. The van der Waals surface area contributed by atoms with E-state index in [4.69, 9.17) is 9.47 Å². The van der Waals surface area contributed by atoms with Gasteiger partial charge < -0.3 is 14.6 Å². The zero-order valence-electron chi connectivity index (χ0n) is 38.5. The molecule has 5 nitrogen and oxygen atoms in total. The van der Waals surface area contributed by atoms with Crippen LogP contribution in [0.1, 0.15) is 272 Å². The van der Waals surface area contributed by atoms with Crippen LogP contribution in [0, 0.1) is 11.8 Å². The number of carbonyl (C=O) groups is 2. The van der Waals surface area contributed by atoms with Crippen molar-refractivity contribution >= 4 is 27.9 Å².